The van der Waals surface area contributed by atoms with Crippen molar-refractivity contribution < 1.29 is 28.4 Å². The number of rotatable bonds is 12. The van der Waals surface area contributed by atoms with Gasteiger partial charge in [-0.05, 0) is 54.5 Å². The Bertz CT molecular complexity index is 1170. The van der Waals surface area contributed by atoms with E-state index in [2.05, 4.69) is 16.0 Å². The maximum Gasteiger partial charge on any atom is 0.251 e. The van der Waals surface area contributed by atoms with Crippen LogP contribution in [-0.4, -0.2) is 47.4 Å². The second-order valence-electron chi connectivity index (χ2n) is 11.0. The zero-order valence-electron chi connectivity index (χ0n) is 23.3. The van der Waals surface area contributed by atoms with Gasteiger partial charge in [0, 0.05) is 12.0 Å². The molecule has 0 unspecified atom stereocenters. The van der Waals surface area contributed by atoms with Crippen LogP contribution in [0.4, 0.5) is 4.39 Å². The normalized spacial score (nSPS) is 13.6. The molecule has 0 saturated heterocycles. The number of aryl methyl sites for hydroxylation is 1. The summed E-state index contributed by atoms with van der Waals surface area (Å²) in [4.78, 5) is 64.2. The lowest BCUT2D eigenvalue weighted by molar-refractivity contribution is -0.140. The summed E-state index contributed by atoms with van der Waals surface area (Å²) in [5.74, 6) is -3.77. The van der Waals surface area contributed by atoms with Crippen LogP contribution in [0.2, 0.25) is 0 Å². The Kier molecular flexibility index (Phi) is 11.1. The molecule has 39 heavy (non-hydrogen) atoms. The molecule has 9 heteroatoms. The summed E-state index contributed by atoms with van der Waals surface area (Å²) in [6, 6.07) is 11.1. The first-order chi connectivity index (χ1) is 18.2. The van der Waals surface area contributed by atoms with E-state index in [1.807, 2.05) is 0 Å². The van der Waals surface area contributed by atoms with Crippen molar-refractivity contribution in [3.8, 4) is 0 Å². The second-order valence-corrected chi connectivity index (χ2v) is 11.0. The summed E-state index contributed by atoms with van der Waals surface area (Å²) in [5.41, 5.74) is 0.442. The molecule has 0 fully saturated rings. The molecule has 0 aromatic heterocycles. The van der Waals surface area contributed by atoms with Crippen LogP contribution in [0.5, 0.6) is 0 Å². The highest BCUT2D eigenvalue weighted by Crippen LogP contribution is 2.20. The van der Waals surface area contributed by atoms with Gasteiger partial charge < -0.3 is 16.0 Å². The minimum Gasteiger partial charge on any atom is -0.344 e. The van der Waals surface area contributed by atoms with E-state index >= 15 is 0 Å². The molecule has 0 radical (unpaired) electrons. The monoisotopic (exact) mass is 539 g/mol. The van der Waals surface area contributed by atoms with Crippen molar-refractivity contribution in [3.05, 3.63) is 71.5 Å². The predicted octanol–water partition coefficient (Wildman–Crippen LogP) is 3.39. The molecule has 2 aromatic carbocycles. The summed E-state index contributed by atoms with van der Waals surface area (Å²) in [5, 5.41) is 7.94. The largest absolute Gasteiger partial charge is 0.344 e. The van der Waals surface area contributed by atoms with E-state index in [9.17, 15) is 28.4 Å². The molecule has 0 aliphatic heterocycles. The van der Waals surface area contributed by atoms with Gasteiger partial charge in [-0.2, -0.15) is 0 Å². The van der Waals surface area contributed by atoms with Gasteiger partial charge in [0.15, 0.2) is 0 Å². The topological polar surface area (TPSA) is 121 Å². The number of halogens is 1. The van der Waals surface area contributed by atoms with Crippen molar-refractivity contribution in [2.24, 2.45) is 11.3 Å². The Morgan fingerprint density at radius 2 is 1.38 bits per heavy atom. The highest BCUT2D eigenvalue weighted by Gasteiger charge is 2.35. The molecular formula is C30H38FN3O5. The van der Waals surface area contributed by atoms with Gasteiger partial charge in [0.1, 0.15) is 17.9 Å². The summed E-state index contributed by atoms with van der Waals surface area (Å²) in [6.07, 6.45) is 0.184. The third-order valence-electron chi connectivity index (χ3n) is 6.27. The minimum absolute atomic E-state index is 0.0791. The Hall–Kier alpha value is -3.88. The average molecular weight is 540 g/mol. The van der Waals surface area contributed by atoms with Gasteiger partial charge in [-0.1, -0.05) is 65.0 Å². The van der Waals surface area contributed by atoms with Crippen molar-refractivity contribution in [2.75, 3.05) is 0 Å². The van der Waals surface area contributed by atoms with Gasteiger partial charge in [0.2, 0.25) is 23.4 Å². The van der Waals surface area contributed by atoms with Gasteiger partial charge in [-0.3, -0.25) is 24.0 Å². The number of Topliss-reactive ketones (excluding diaryl/α,β-unsaturated/α-hetero) is 2. The SMILES string of the molecule is CC(C)[C@H](NC(=O)[C@H](C)NC(=O)[C@@H](NC(=O)c1ccccc1)C(C)(C)C)C(=O)C(=O)CCc1ccc(F)cc1. The molecule has 0 saturated carbocycles. The van der Waals surface area contributed by atoms with Crippen LogP contribution in [0.25, 0.3) is 0 Å². The molecular weight excluding hydrogens is 501 g/mol. The van der Waals surface area contributed by atoms with Crippen LogP contribution >= 0.6 is 0 Å². The molecule has 0 aliphatic rings. The zero-order valence-corrected chi connectivity index (χ0v) is 23.3. The van der Waals surface area contributed by atoms with Crippen molar-refractivity contribution >= 4 is 29.3 Å². The van der Waals surface area contributed by atoms with Crippen molar-refractivity contribution in [3.63, 3.8) is 0 Å². The summed E-state index contributed by atoms with van der Waals surface area (Å²) < 4.78 is 13.1. The van der Waals surface area contributed by atoms with Gasteiger partial charge in [-0.25, -0.2) is 4.39 Å². The van der Waals surface area contributed by atoms with Crippen molar-refractivity contribution in [2.45, 2.75) is 72.5 Å². The molecule has 2 rings (SSSR count). The van der Waals surface area contributed by atoms with Crippen LogP contribution in [0.15, 0.2) is 54.6 Å². The van der Waals surface area contributed by atoms with Crippen LogP contribution in [0, 0.1) is 17.2 Å². The quantitative estimate of drug-likeness (QED) is 0.357. The maximum absolute atomic E-state index is 13.1. The molecule has 8 nitrogen and oxygen atoms in total. The third-order valence-corrected chi connectivity index (χ3v) is 6.27. The number of benzene rings is 2. The van der Waals surface area contributed by atoms with E-state index in [1.54, 1.807) is 77.1 Å². The standard InChI is InChI=1S/C30H38FN3O5/c1-18(2)24(25(36)23(35)17-14-20-12-15-22(31)16-13-20)33-27(37)19(3)32-29(39)26(30(4,5)6)34-28(38)21-10-8-7-9-11-21/h7-13,15-16,18-19,24,26H,14,17H2,1-6H3,(H,32,39)(H,33,37)(H,34,38)/t19-,24-,26+/m0/s1. The minimum atomic E-state index is -1.08. The number of carbonyl (C=O) groups excluding carboxylic acids is 5. The summed E-state index contributed by atoms with van der Waals surface area (Å²) in [6.45, 7) is 10.2. The Morgan fingerprint density at radius 3 is 1.92 bits per heavy atom. The van der Waals surface area contributed by atoms with Crippen LogP contribution in [-0.2, 0) is 25.6 Å². The molecule has 0 aliphatic carbocycles. The molecule has 210 valence electrons. The maximum atomic E-state index is 13.1. The van der Waals surface area contributed by atoms with Gasteiger partial charge in [-0.15, -0.1) is 0 Å². The van der Waals surface area contributed by atoms with E-state index in [0.29, 0.717) is 11.1 Å². The van der Waals surface area contributed by atoms with E-state index in [0.717, 1.165) is 0 Å². The fourth-order valence-corrected chi connectivity index (χ4v) is 3.86. The first kappa shape index (κ1) is 31.3. The van der Waals surface area contributed by atoms with Crippen LogP contribution in [0.3, 0.4) is 0 Å². The van der Waals surface area contributed by atoms with Gasteiger partial charge >= 0.3 is 0 Å². The van der Waals surface area contributed by atoms with Gasteiger partial charge in [0.25, 0.3) is 5.91 Å². The molecule has 3 N–H and O–H groups in total. The highest BCUT2D eigenvalue weighted by molar-refractivity contribution is 6.39. The fourth-order valence-electron chi connectivity index (χ4n) is 3.86. The zero-order chi connectivity index (χ0) is 29.3. The van der Waals surface area contributed by atoms with E-state index in [-0.39, 0.29) is 18.8 Å². The van der Waals surface area contributed by atoms with E-state index in [4.69, 9.17) is 0 Å². The van der Waals surface area contributed by atoms with Gasteiger partial charge in [0.05, 0.1) is 6.04 Å². The first-order valence-electron chi connectivity index (χ1n) is 13.0. The predicted molar refractivity (Wildman–Crippen MR) is 146 cm³/mol. The molecule has 3 amide bonds. The van der Waals surface area contributed by atoms with E-state index in [1.165, 1.54) is 19.1 Å². The number of hydrogen-bond acceptors (Lipinski definition) is 5. The number of ketones is 2. The molecule has 0 spiro atoms. The lowest BCUT2D eigenvalue weighted by Gasteiger charge is -2.31. The molecule has 3 atom stereocenters. The third kappa shape index (κ3) is 9.42. The lowest BCUT2D eigenvalue weighted by atomic mass is 9.85. The van der Waals surface area contributed by atoms with Crippen molar-refractivity contribution in [1.82, 2.24) is 16.0 Å². The number of hydrogen-bond donors (Lipinski definition) is 3. The highest BCUT2D eigenvalue weighted by atomic mass is 19.1. The Morgan fingerprint density at radius 1 is 0.795 bits per heavy atom. The smallest absolute Gasteiger partial charge is 0.251 e. The average Bonchev–Trinajstić information content (AvgIpc) is 2.88. The first-order valence-corrected chi connectivity index (χ1v) is 13.0. The molecule has 2 aromatic rings. The summed E-state index contributed by atoms with van der Waals surface area (Å²) >= 11 is 0. The fraction of sp³-hybridized carbons (Fsp3) is 0.433. The number of nitrogens with one attached hydrogen (secondary N) is 3. The van der Waals surface area contributed by atoms with E-state index < -0.39 is 58.6 Å². The van der Waals surface area contributed by atoms with Crippen LogP contribution < -0.4 is 16.0 Å². The van der Waals surface area contributed by atoms with Crippen LogP contribution in [0.1, 0.15) is 63.9 Å². The Balaban J connectivity index is 2.02. The van der Waals surface area contributed by atoms with Crippen molar-refractivity contribution in [1.29, 1.82) is 0 Å². The lowest BCUT2D eigenvalue weighted by Crippen LogP contribution is -2.58. The number of carbonyl (C=O) groups is 5. The number of amides is 3. The Labute approximate surface area is 229 Å². The molecule has 0 bridgehead atoms. The molecule has 0 heterocycles. The second kappa shape index (κ2) is 13.8. The summed E-state index contributed by atoms with van der Waals surface area (Å²) in [7, 11) is 0.